The Bertz CT molecular complexity index is 538. The van der Waals surface area contributed by atoms with Crippen molar-refractivity contribution in [2.45, 2.75) is 5.92 Å². The van der Waals surface area contributed by atoms with E-state index in [2.05, 4.69) is 25.9 Å². The first-order valence-electron chi connectivity index (χ1n) is 4.33. The van der Waals surface area contributed by atoms with Crippen LogP contribution < -0.4 is 5.73 Å². The lowest BCUT2D eigenvalue weighted by Crippen LogP contribution is -2.17. The summed E-state index contributed by atoms with van der Waals surface area (Å²) in [6, 6.07) is 3.06. The van der Waals surface area contributed by atoms with E-state index in [-0.39, 0.29) is 5.52 Å². The molecule has 0 fully saturated rings. The van der Waals surface area contributed by atoms with Crippen molar-refractivity contribution in [2.24, 2.45) is 0 Å². The maximum Gasteiger partial charge on any atom is 0.332 e. The van der Waals surface area contributed by atoms with Crippen molar-refractivity contribution < 1.29 is 13.2 Å². The van der Waals surface area contributed by atoms with E-state index in [1.54, 1.807) is 6.07 Å². The highest BCUT2D eigenvalue weighted by Crippen LogP contribution is 2.32. The van der Waals surface area contributed by atoms with Gasteiger partial charge in [-0.3, -0.25) is 0 Å². The second kappa shape index (κ2) is 3.65. The van der Waals surface area contributed by atoms with Crippen molar-refractivity contribution in [2.75, 3.05) is 12.4 Å². The summed E-state index contributed by atoms with van der Waals surface area (Å²) in [5, 5.41) is 0. The molecule has 3 nitrogen and oxygen atoms in total. The molecule has 16 heavy (non-hydrogen) atoms. The number of benzene rings is 1. The smallest absolute Gasteiger partial charge is 0.332 e. The standard InChI is InChI=1S/C9H7BrF3N3/c10-6-4(14)1-2-5-7(6)16-8(15-5)9(12,13)3-11/h1-2H,3,14H2,(H,15,16). The first kappa shape index (κ1) is 11.3. The van der Waals surface area contributed by atoms with Gasteiger partial charge in [0.25, 0.3) is 0 Å². The number of fused-ring (bicyclic) bond motifs is 1. The number of hydrogen-bond donors (Lipinski definition) is 2. The zero-order valence-electron chi connectivity index (χ0n) is 7.90. The Labute approximate surface area is 97.0 Å². The van der Waals surface area contributed by atoms with Crippen molar-refractivity contribution in [3.8, 4) is 0 Å². The van der Waals surface area contributed by atoms with E-state index in [1.165, 1.54) is 6.07 Å². The van der Waals surface area contributed by atoms with Crippen molar-refractivity contribution in [1.82, 2.24) is 9.97 Å². The number of hydrogen-bond acceptors (Lipinski definition) is 2. The molecule has 7 heteroatoms. The third-order valence-corrected chi connectivity index (χ3v) is 2.97. The van der Waals surface area contributed by atoms with Gasteiger partial charge in [0.2, 0.25) is 0 Å². The van der Waals surface area contributed by atoms with Gasteiger partial charge in [0, 0.05) is 5.69 Å². The maximum atomic E-state index is 13.0. The van der Waals surface area contributed by atoms with Gasteiger partial charge in [0.05, 0.1) is 9.99 Å². The number of nitrogen functional groups attached to an aromatic ring is 1. The number of halogens is 4. The topological polar surface area (TPSA) is 54.7 Å². The molecule has 0 bridgehead atoms. The van der Waals surface area contributed by atoms with Crippen LogP contribution in [0.15, 0.2) is 16.6 Å². The fourth-order valence-corrected chi connectivity index (χ4v) is 1.73. The molecule has 1 aromatic heterocycles. The summed E-state index contributed by atoms with van der Waals surface area (Å²) in [4.78, 5) is 6.01. The number of aromatic amines is 1. The third kappa shape index (κ3) is 1.64. The normalized spacial score (nSPS) is 12.2. The minimum Gasteiger partial charge on any atom is -0.398 e. The molecule has 0 atom stereocenters. The van der Waals surface area contributed by atoms with Crippen LogP contribution in [0.25, 0.3) is 11.0 Å². The zero-order chi connectivity index (χ0) is 11.9. The van der Waals surface area contributed by atoms with Crippen LogP contribution in [0.3, 0.4) is 0 Å². The molecule has 1 heterocycles. The summed E-state index contributed by atoms with van der Waals surface area (Å²) < 4.78 is 38.6. The van der Waals surface area contributed by atoms with Crippen LogP contribution in [0.1, 0.15) is 5.82 Å². The summed E-state index contributed by atoms with van der Waals surface area (Å²) in [5.74, 6) is -4.30. The van der Waals surface area contributed by atoms with Crippen molar-refractivity contribution in [1.29, 1.82) is 0 Å². The van der Waals surface area contributed by atoms with Crippen molar-refractivity contribution in [3.63, 3.8) is 0 Å². The van der Waals surface area contributed by atoms with Gasteiger partial charge in [0.1, 0.15) is 5.52 Å². The van der Waals surface area contributed by atoms with Crippen LogP contribution in [0.5, 0.6) is 0 Å². The molecule has 0 saturated carbocycles. The van der Waals surface area contributed by atoms with Crippen LogP contribution in [0.4, 0.5) is 18.9 Å². The molecule has 0 amide bonds. The first-order chi connectivity index (χ1) is 7.45. The first-order valence-corrected chi connectivity index (χ1v) is 5.13. The largest absolute Gasteiger partial charge is 0.398 e. The molecule has 1 aromatic carbocycles. The number of aromatic nitrogens is 2. The highest BCUT2D eigenvalue weighted by molar-refractivity contribution is 9.10. The number of anilines is 1. The van der Waals surface area contributed by atoms with Crippen LogP contribution in [-0.2, 0) is 5.92 Å². The number of nitrogens with zero attached hydrogens (tertiary/aromatic N) is 1. The van der Waals surface area contributed by atoms with E-state index < -0.39 is 18.4 Å². The van der Waals surface area contributed by atoms with Gasteiger partial charge >= 0.3 is 5.92 Å². The molecule has 3 N–H and O–H groups in total. The van der Waals surface area contributed by atoms with Crippen LogP contribution >= 0.6 is 15.9 Å². The third-order valence-electron chi connectivity index (χ3n) is 2.14. The Morgan fingerprint density at radius 1 is 1.44 bits per heavy atom. The number of nitrogens with two attached hydrogens (primary N) is 1. The highest BCUT2D eigenvalue weighted by Gasteiger charge is 2.35. The number of H-pyrrole nitrogens is 1. The molecule has 86 valence electrons. The average molecular weight is 294 g/mol. The molecule has 0 unspecified atom stereocenters. The summed E-state index contributed by atoms with van der Waals surface area (Å²) >= 11 is 3.14. The number of rotatable bonds is 2. The van der Waals surface area contributed by atoms with Gasteiger partial charge in [-0.25, -0.2) is 9.37 Å². The molecule has 0 aliphatic heterocycles. The Morgan fingerprint density at radius 3 is 2.75 bits per heavy atom. The summed E-state index contributed by atoms with van der Waals surface area (Å²) in [7, 11) is 0. The minimum absolute atomic E-state index is 0.267. The number of imidazole rings is 1. The molecule has 0 saturated heterocycles. The summed E-state index contributed by atoms with van der Waals surface area (Å²) in [5.41, 5.74) is 6.60. The van der Waals surface area contributed by atoms with Gasteiger partial charge in [0.15, 0.2) is 12.5 Å². The Morgan fingerprint density at radius 2 is 2.12 bits per heavy atom. The second-order valence-electron chi connectivity index (χ2n) is 3.29. The summed E-state index contributed by atoms with van der Waals surface area (Å²) in [6.07, 6.45) is 0. The average Bonchev–Trinajstić information content (AvgIpc) is 2.69. The van der Waals surface area contributed by atoms with Crippen molar-refractivity contribution in [3.05, 3.63) is 22.4 Å². The Kier molecular flexibility index (Phi) is 2.57. The lowest BCUT2D eigenvalue weighted by atomic mass is 10.3. The molecular formula is C9H7BrF3N3. The summed E-state index contributed by atoms with van der Waals surface area (Å²) in [6.45, 7) is -1.79. The predicted molar refractivity (Wildman–Crippen MR) is 58.1 cm³/mol. The van der Waals surface area contributed by atoms with E-state index in [4.69, 9.17) is 5.73 Å². The lowest BCUT2D eigenvalue weighted by molar-refractivity contribution is -0.0355. The quantitative estimate of drug-likeness (QED) is 0.837. The molecule has 0 spiro atoms. The Hall–Kier alpha value is -1.24. The molecule has 0 radical (unpaired) electrons. The van der Waals surface area contributed by atoms with E-state index in [9.17, 15) is 13.2 Å². The van der Waals surface area contributed by atoms with E-state index in [1.807, 2.05) is 0 Å². The van der Waals surface area contributed by atoms with Crippen LogP contribution in [0.2, 0.25) is 0 Å². The van der Waals surface area contributed by atoms with Gasteiger partial charge in [-0.2, -0.15) is 8.78 Å². The number of alkyl halides is 3. The Balaban J connectivity index is 2.65. The van der Waals surface area contributed by atoms with Gasteiger partial charge in [-0.05, 0) is 28.1 Å². The molecule has 2 rings (SSSR count). The van der Waals surface area contributed by atoms with E-state index >= 15 is 0 Å². The maximum absolute atomic E-state index is 13.0. The monoisotopic (exact) mass is 293 g/mol. The SMILES string of the molecule is Nc1ccc2[nH]c(C(F)(F)CF)nc2c1Br. The lowest BCUT2D eigenvalue weighted by Gasteiger charge is -2.06. The fourth-order valence-electron chi connectivity index (χ4n) is 1.29. The van der Waals surface area contributed by atoms with Gasteiger partial charge < -0.3 is 10.7 Å². The fraction of sp³-hybridized carbons (Fsp3) is 0.222. The van der Waals surface area contributed by atoms with Crippen LogP contribution in [-0.4, -0.2) is 16.6 Å². The minimum atomic E-state index is -3.60. The molecule has 0 aliphatic carbocycles. The molecule has 0 aliphatic rings. The van der Waals surface area contributed by atoms with E-state index in [0.717, 1.165) is 0 Å². The zero-order valence-corrected chi connectivity index (χ0v) is 9.48. The number of nitrogens with one attached hydrogen (secondary N) is 1. The van der Waals surface area contributed by atoms with Gasteiger partial charge in [-0.15, -0.1) is 0 Å². The van der Waals surface area contributed by atoms with Crippen molar-refractivity contribution >= 4 is 32.7 Å². The molecule has 2 aromatic rings. The van der Waals surface area contributed by atoms with Crippen LogP contribution in [0, 0.1) is 0 Å². The highest BCUT2D eigenvalue weighted by atomic mass is 79.9. The second-order valence-corrected chi connectivity index (χ2v) is 4.08. The molecular weight excluding hydrogens is 287 g/mol. The van der Waals surface area contributed by atoms with Gasteiger partial charge in [-0.1, -0.05) is 0 Å². The van der Waals surface area contributed by atoms with E-state index in [0.29, 0.717) is 15.7 Å². The predicted octanol–water partition coefficient (Wildman–Crippen LogP) is 2.97.